The number of hydrogen-bond donors (Lipinski definition) is 0. The minimum absolute atomic E-state index is 0.161. The van der Waals surface area contributed by atoms with Gasteiger partial charge in [-0.25, -0.2) is 4.39 Å². The van der Waals surface area contributed by atoms with E-state index in [2.05, 4.69) is 10.00 Å². The van der Waals surface area contributed by atoms with Crippen molar-refractivity contribution in [3.63, 3.8) is 0 Å². The first-order chi connectivity index (χ1) is 11.6. The number of nitrogens with zero attached hydrogens (tertiary/aromatic N) is 4. The molecule has 1 aromatic carbocycles. The van der Waals surface area contributed by atoms with E-state index in [0.717, 1.165) is 18.8 Å². The van der Waals surface area contributed by atoms with Crippen molar-refractivity contribution in [2.45, 2.75) is 26.4 Å². The lowest BCUT2D eigenvalue weighted by molar-refractivity contribution is -0.133. The summed E-state index contributed by atoms with van der Waals surface area (Å²) in [6.07, 6.45) is 2.22. The molecular formula is C18H23FN4O. The lowest BCUT2D eigenvalue weighted by Gasteiger charge is -2.34. The smallest absolute Gasteiger partial charge is 0.224 e. The number of hydrogen-bond acceptors (Lipinski definition) is 3. The molecule has 0 radical (unpaired) electrons. The van der Waals surface area contributed by atoms with Crippen molar-refractivity contribution >= 4 is 5.91 Å². The number of benzene rings is 1. The molecule has 24 heavy (non-hydrogen) atoms. The summed E-state index contributed by atoms with van der Waals surface area (Å²) in [5.74, 6) is 0.000963. The molecule has 1 aliphatic heterocycles. The van der Waals surface area contributed by atoms with Gasteiger partial charge in [0, 0.05) is 63.1 Å². The fourth-order valence-corrected chi connectivity index (χ4v) is 3.02. The van der Waals surface area contributed by atoms with Gasteiger partial charge < -0.3 is 4.90 Å². The monoisotopic (exact) mass is 330 g/mol. The Kier molecular flexibility index (Phi) is 5.25. The molecule has 0 bridgehead atoms. The lowest BCUT2D eigenvalue weighted by atomic mass is 10.2. The SMILES string of the molecule is Cc1ccnn1CCC(=O)N1CCN(Cc2ccccc2F)CC1. The Hall–Kier alpha value is -2.21. The van der Waals surface area contributed by atoms with Crippen LogP contribution in [0.1, 0.15) is 17.7 Å². The molecule has 1 fully saturated rings. The Labute approximate surface area is 141 Å². The van der Waals surface area contributed by atoms with Crippen molar-refractivity contribution < 1.29 is 9.18 Å². The first kappa shape index (κ1) is 16.6. The molecule has 1 saturated heterocycles. The zero-order valence-corrected chi connectivity index (χ0v) is 14.0. The quantitative estimate of drug-likeness (QED) is 0.843. The maximum absolute atomic E-state index is 13.7. The summed E-state index contributed by atoms with van der Waals surface area (Å²) in [5, 5.41) is 4.20. The Balaban J connectivity index is 1.45. The molecule has 2 heterocycles. The number of aryl methyl sites for hydroxylation is 2. The van der Waals surface area contributed by atoms with Crippen molar-refractivity contribution in [3.05, 3.63) is 53.6 Å². The molecule has 0 unspecified atom stereocenters. The van der Waals surface area contributed by atoms with Crippen LogP contribution in [0.3, 0.4) is 0 Å². The Morgan fingerprint density at radius 1 is 1.17 bits per heavy atom. The van der Waals surface area contributed by atoms with E-state index < -0.39 is 0 Å². The van der Waals surface area contributed by atoms with Gasteiger partial charge in [-0.05, 0) is 19.1 Å². The van der Waals surface area contributed by atoms with Crippen LogP contribution < -0.4 is 0 Å². The first-order valence-electron chi connectivity index (χ1n) is 8.35. The van der Waals surface area contributed by atoms with Crippen molar-refractivity contribution in [3.8, 4) is 0 Å². The van der Waals surface area contributed by atoms with E-state index in [-0.39, 0.29) is 11.7 Å². The van der Waals surface area contributed by atoms with Crippen molar-refractivity contribution in [2.24, 2.45) is 0 Å². The normalized spacial score (nSPS) is 15.7. The molecule has 1 amide bonds. The predicted molar refractivity (Wildman–Crippen MR) is 89.8 cm³/mol. The predicted octanol–water partition coefficient (Wildman–Crippen LogP) is 2.07. The summed E-state index contributed by atoms with van der Waals surface area (Å²) >= 11 is 0. The number of rotatable bonds is 5. The van der Waals surface area contributed by atoms with Gasteiger partial charge in [-0.15, -0.1) is 0 Å². The van der Waals surface area contributed by atoms with E-state index in [4.69, 9.17) is 0 Å². The second kappa shape index (κ2) is 7.57. The number of carbonyl (C=O) groups excluding carboxylic acids is 1. The van der Waals surface area contributed by atoms with Gasteiger partial charge >= 0.3 is 0 Å². The van der Waals surface area contributed by atoms with Gasteiger partial charge in [0.05, 0.1) is 0 Å². The van der Waals surface area contributed by atoms with Gasteiger partial charge in [0.2, 0.25) is 5.91 Å². The summed E-state index contributed by atoms with van der Waals surface area (Å²) in [6, 6.07) is 8.81. The molecule has 0 N–H and O–H groups in total. The molecule has 2 aromatic rings. The van der Waals surface area contributed by atoms with Crippen LogP contribution in [-0.2, 0) is 17.9 Å². The van der Waals surface area contributed by atoms with Crippen LogP contribution in [0.2, 0.25) is 0 Å². The number of aromatic nitrogens is 2. The highest BCUT2D eigenvalue weighted by atomic mass is 19.1. The van der Waals surface area contributed by atoms with Crippen LogP contribution in [-0.4, -0.2) is 51.7 Å². The molecule has 0 saturated carbocycles. The first-order valence-corrected chi connectivity index (χ1v) is 8.35. The lowest BCUT2D eigenvalue weighted by Crippen LogP contribution is -2.48. The van der Waals surface area contributed by atoms with Crippen LogP contribution in [0.15, 0.2) is 36.5 Å². The summed E-state index contributed by atoms with van der Waals surface area (Å²) in [5.41, 5.74) is 1.78. The largest absolute Gasteiger partial charge is 0.340 e. The number of halogens is 1. The van der Waals surface area contributed by atoms with E-state index in [9.17, 15) is 9.18 Å². The molecule has 1 aromatic heterocycles. The molecule has 1 aliphatic rings. The van der Waals surface area contributed by atoms with Gasteiger partial charge in [0.1, 0.15) is 5.82 Å². The highest BCUT2D eigenvalue weighted by molar-refractivity contribution is 5.76. The molecular weight excluding hydrogens is 307 g/mol. The molecule has 5 nitrogen and oxygen atoms in total. The van der Waals surface area contributed by atoms with E-state index in [1.54, 1.807) is 12.3 Å². The zero-order valence-electron chi connectivity index (χ0n) is 14.0. The second-order valence-corrected chi connectivity index (χ2v) is 6.19. The molecule has 0 spiro atoms. The van der Waals surface area contributed by atoms with Gasteiger partial charge in [-0.3, -0.25) is 14.4 Å². The number of carbonyl (C=O) groups is 1. The Bertz CT molecular complexity index is 692. The van der Waals surface area contributed by atoms with Crippen LogP contribution in [0.4, 0.5) is 4.39 Å². The van der Waals surface area contributed by atoms with Crippen molar-refractivity contribution in [1.29, 1.82) is 0 Å². The fourth-order valence-electron chi connectivity index (χ4n) is 3.02. The van der Waals surface area contributed by atoms with Crippen molar-refractivity contribution in [2.75, 3.05) is 26.2 Å². The maximum atomic E-state index is 13.7. The van der Waals surface area contributed by atoms with Crippen molar-refractivity contribution in [1.82, 2.24) is 19.6 Å². The summed E-state index contributed by atoms with van der Waals surface area (Å²) in [4.78, 5) is 16.4. The highest BCUT2D eigenvalue weighted by Gasteiger charge is 2.21. The minimum Gasteiger partial charge on any atom is -0.340 e. The van der Waals surface area contributed by atoms with E-state index >= 15 is 0 Å². The number of piperazine rings is 1. The third-order valence-electron chi connectivity index (χ3n) is 4.54. The van der Waals surface area contributed by atoms with Gasteiger partial charge in [0.25, 0.3) is 0 Å². The van der Waals surface area contributed by atoms with E-state index in [0.29, 0.717) is 38.2 Å². The average molecular weight is 330 g/mol. The van der Waals surface area contributed by atoms with Crippen LogP contribution in [0.5, 0.6) is 0 Å². The third kappa shape index (κ3) is 4.00. The maximum Gasteiger partial charge on any atom is 0.224 e. The van der Waals surface area contributed by atoms with E-state index in [1.807, 2.05) is 34.7 Å². The number of amides is 1. The van der Waals surface area contributed by atoms with Crippen LogP contribution in [0, 0.1) is 12.7 Å². The standard InChI is InChI=1S/C18H23FN4O/c1-15-6-8-20-23(15)9-7-18(24)22-12-10-21(11-13-22)14-16-4-2-3-5-17(16)19/h2-6,8H,7,9-14H2,1H3. The fraction of sp³-hybridized carbons (Fsp3) is 0.444. The summed E-state index contributed by atoms with van der Waals surface area (Å²) in [6.45, 7) is 6.16. The molecule has 3 rings (SSSR count). The highest BCUT2D eigenvalue weighted by Crippen LogP contribution is 2.12. The molecule has 6 heteroatoms. The zero-order chi connectivity index (χ0) is 16.9. The van der Waals surface area contributed by atoms with Gasteiger partial charge in [-0.2, -0.15) is 5.10 Å². The molecule has 0 aliphatic carbocycles. The minimum atomic E-state index is -0.161. The van der Waals surface area contributed by atoms with Crippen LogP contribution in [0.25, 0.3) is 0 Å². The Morgan fingerprint density at radius 2 is 1.92 bits per heavy atom. The van der Waals surface area contributed by atoms with Gasteiger partial charge in [-0.1, -0.05) is 18.2 Å². The molecule has 0 atom stereocenters. The Morgan fingerprint density at radius 3 is 2.58 bits per heavy atom. The van der Waals surface area contributed by atoms with Crippen LogP contribution >= 0.6 is 0 Å². The third-order valence-corrected chi connectivity index (χ3v) is 4.54. The van der Waals surface area contributed by atoms with E-state index in [1.165, 1.54) is 6.07 Å². The average Bonchev–Trinajstić information content (AvgIpc) is 3.00. The molecule has 128 valence electrons. The second-order valence-electron chi connectivity index (χ2n) is 6.19. The summed E-state index contributed by atoms with van der Waals surface area (Å²) in [7, 11) is 0. The summed E-state index contributed by atoms with van der Waals surface area (Å²) < 4.78 is 15.6. The van der Waals surface area contributed by atoms with Gasteiger partial charge in [0.15, 0.2) is 0 Å². The topological polar surface area (TPSA) is 41.4 Å².